The highest BCUT2D eigenvalue weighted by Gasteiger charge is 2.29. The Hall–Kier alpha value is -3.27. The van der Waals surface area contributed by atoms with Gasteiger partial charge < -0.3 is 19.7 Å². The minimum atomic E-state index is -3.62. The number of ether oxygens (including phenoxy) is 2. The Kier molecular flexibility index (Phi) is 11.7. The third kappa shape index (κ3) is 8.66. The van der Waals surface area contributed by atoms with Gasteiger partial charge in [-0.3, -0.25) is 13.9 Å². The molecule has 0 aromatic heterocycles. The lowest BCUT2D eigenvalue weighted by molar-refractivity contribution is -0.141. The van der Waals surface area contributed by atoms with Crippen molar-refractivity contribution in [3.63, 3.8) is 0 Å². The first-order valence-corrected chi connectivity index (χ1v) is 14.3. The van der Waals surface area contributed by atoms with Gasteiger partial charge in [0.2, 0.25) is 21.8 Å². The first kappa shape index (κ1) is 30.0. The Labute approximate surface area is 220 Å². The van der Waals surface area contributed by atoms with Crippen LogP contribution in [-0.4, -0.2) is 64.7 Å². The van der Waals surface area contributed by atoms with Crippen LogP contribution in [0.5, 0.6) is 11.5 Å². The standard InChI is InChI=1S/C27H39N3O6S/c1-6-18-28-27(32)23(7-2)29(20-21-14-16-22(35-3)17-15-21)26(31)13-10-19-30(37(5,33)34)24-11-8-9-12-25(24)36-4/h8-9,11-12,14-17,23H,6-7,10,13,18-20H2,1-5H3,(H,28,32)/t23-/m1/s1. The number of rotatable bonds is 15. The minimum Gasteiger partial charge on any atom is -0.497 e. The molecule has 2 amide bonds. The van der Waals surface area contributed by atoms with Crippen LogP contribution in [-0.2, 0) is 26.2 Å². The number of nitrogens with zero attached hydrogens (tertiary/aromatic N) is 2. The summed E-state index contributed by atoms with van der Waals surface area (Å²) in [5.41, 5.74) is 1.28. The second-order valence-corrected chi connectivity index (χ2v) is 10.6. The van der Waals surface area contributed by atoms with E-state index < -0.39 is 16.1 Å². The van der Waals surface area contributed by atoms with Gasteiger partial charge in [0.05, 0.1) is 26.2 Å². The van der Waals surface area contributed by atoms with Crippen LogP contribution in [0.15, 0.2) is 48.5 Å². The SMILES string of the molecule is CCCNC(=O)[C@@H](CC)N(Cc1ccc(OC)cc1)C(=O)CCCN(c1ccccc1OC)S(C)(=O)=O. The van der Waals surface area contributed by atoms with Crippen LogP contribution in [0.3, 0.4) is 0 Å². The smallest absolute Gasteiger partial charge is 0.242 e. The van der Waals surface area contributed by atoms with Gasteiger partial charge in [-0.25, -0.2) is 8.42 Å². The molecule has 0 aliphatic carbocycles. The van der Waals surface area contributed by atoms with Gasteiger partial charge >= 0.3 is 0 Å². The maximum atomic E-state index is 13.5. The predicted molar refractivity (Wildman–Crippen MR) is 145 cm³/mol. The molecule has 0 saturated heterocycles. The molecule has 2 rings (SSSR count). The van der Waals surface area contributed by atoms with Crippen LogP contribution in [0.1, 0.15) is 45.1 Å². The maximum Gasteiger partial charge on any atom is 0.242 e. The molecular weight excluding hydrogens is 494 g/mol. The van der Waals surface area contributed by atoms with E-state index in [4.69, 9.17) is 9.47 Å². The van der Waals surface area contributed by atoms with Gasteiger partial charge in [0, 0.05) is 26.1 Å². The highest BCUT2D eigenvalue weighted by Crippen LogP contribution is 2.30. The third-order valence-corrected chi connectivity index (χ3v) is 7.13. The van der Waals surface area contributed by atoms with Crippen LogP contribution < -0.4 is 19.1 Å². The van der Waals surface area contributed by atoms with Crippen molar-refractivity contribution in [2.75, 3.05) is 37.9 Å². The summed E-state index contributed by atoms with van der Waals surface area (Å²) >= 11 is 0. The van der Waals surface area contributed by atoms with Crippen LogP contribution >= 0.6 is 0 Å². The Balaban J connectivity index is 2.23. The number of hydrogen-bond donors (Lipinski definition) is 1. The zero-order valence-corrected chi connectivity index (χ0v) is 23.2. The van der Waals surface area contributed by atoms with Crippen LogP contribution in [0, 0.1) is 0 Å². The molecule has 9 nitrogen and oxygen atoms in total. The van der Waals surface area contributed by atoms with Crippen molar-refractivity contribution in [1.82, 2.24) is 10.2 Å². The zero-order chi connectivity index (χ0) is 27.4. The highest BCUT2D eigenvalue weighted by atomic mass is 32.2. The Morgan fingerprint density at radius 3 is 2.24 bits per heavy atom. The largest absolute Gasteiger partial charge is 0.497 e. The number of carbonyl (C=O) groups excluding carboxylic acids is 2. The van der Waals surface area contributed by atoms with Gasteiger partial charge in [0.25, 0.3) is 0 Å². The molecule has 0 radical (unpaired) electrons. The molecule has 37 heavy (non-hydrogen) atoms. The number of amides is 2. The van der Waals surface area contributed by atoms with Crippen LogP contribution in [0.2, 0.25) is 0 Å². The van der Waals surface area contributed by atoms with Crippen molar-refractivity contribution in [2.24, 2.45) is 0 Å². The molecule has 1 atom stereocenters. The highest BCUT2D eigenvalue weighted by molar-refractivity contribution is 7.92. The Morgan fingerprint density at radius 1 is 1.00 bits per heavy atom. The molecule has 0 fully saturated rings. The van der Waals surface area contributed by atoms with E-state index in [0.29, 0.717) is 30.2 Å². The molecule has 0 aliphatic rings. The second kappa shape index (κ2) is 14.5. The van der Waals surface area contributed by atoms with Crippen molar-refractivity contribution in [2.45, 2.75) is 52.1 Å². The fourth-order valence-electron chi connectivity index (χ4n) is 4.03. The van der Waals surface area contributed by atoms with Crippen LogP contribution in [0.4, 0.5) is 5.69 Å². The predicted octanol–water partition coefficient (Wildman–Crippen LogP) is 3.58. The molecule has 0 heterocycles. The Morgan fingerprint density at radius 2 is 1.68 bits per heavy atom. The van der Waals surface area contributed by atoms with Crippen molar-refractivity contribution >= 4 is 27.5 Å². The summed E-state index contributed by atoms with van der Waals surface area (Å²) in [6.07, 6.45) is 2.72. The van der Waals surface area contributed by atoms with Gasteiger partial charge in [0.15, 0.2) is 0 Å². The first-order valence-electron chi connectivity index (χ1n) is 12.5. The zero-order valence-electron chi connectivity index (χ0n) is 22.4. The van der Waals surface area contributed by atoms with E-state index in [1.165, 1.54) is 11.4 Å². The molecule has 2 aromatic rings. The number of benzene rings is 2. The van der Waals surface area contributed by atoms with Gasteiger partial charge in [-0.2, -0.15) is 0 Å². The molecule has 204 valence electrons. The molecule has 0 spiro atoms. The molecule has 10 heteroatoms. The van der Waals surface area contributed by atoms with Crippen molar-refractivity contribution in [3.8, 4) is 11.5 Å². The van der Waals surface area contributed by atoms with Crippen molar-refractivity contribution in [3.05, 3.63) is 54.1 Å². The topological polar surface area (TPSA) is 105 Å². The van der Waals surface area contributed by atoms with E-state index >= 15 is 0 Å². The van der Waals surface area contributed by atoms with Crippen molar-refractivity contribution < 1.29 is 27.5 Å². The first-order chi connectivity index (χ1) is 17.7. The third-order valence-electron chi connectivity index (χ3n) is 5.95. The quantitative estimate of drug-likeness (QED) is 0.375. The summed E-state index contributed by atoms with van der Waals surface area (Å²) in [4.78, 5) is 28.0. The monoisotopic (exact) mass is 533 g/mol. The van der Waals surface area contributed by atoms with E-state index in [0.717, 1.165) is 18.2 Å². The molecular formula is C27H39N3O6S. The lowest BCUT2D eigenvalue weighted by Gasteiger charge is -2.31. The summed E-state index contributed by atoms with van der Waals surface area (Å²) in [7, 11) is -0.552. The normalized spacial score (nSPS) is 11.9. The average molecular weight is 534 g/mol. The summed E-state index contributed by atoms with van der Waals surface area (Å²) in [6.45, 7) is 4.72. The summed E-state index contributed by atoms with van der Waals surface area (Å²) in [6, 6.07) is 13.6. The fraction of sp³-hybridized carbons (Fsp3) is 0.481. The number of nitrogens with one attached hydrogen (secondary N) is 1. The summed E-state index contributed by atoms with van der Waals surface area (Å²) < 4.78 is 36.9. The van der Waals surface area contributed by atoms with Gasteiger partial charge in [-0.15, -0.1) is 0 Å². The number of sulfonamides is 1. The number of para-hydroxylation sites is 2. The number of carbonyl (C=O) groups is 2. The van der Waals surface area contributed by atoms with E-state index in [2.05, 4.69) is 5.32 Å². The molecule has 0 bridgehead atoms. The molecule has 0 saturated carbocycles. The van der Waals surface area contributed by atoms with E-state index in [-0.39, 0.29) is 37.7 Å². The maximum absolute atomic E-state index is 13.5. The van der Waals surface area contributed by atoms with E-state index in [1.54, 1.807) is 36.3 Å². The fourth-order valence-corrected chi connectivity index (χ4v) is 5.00. The van der Waals surface area contributed by atoms with Crippen LogP contribution in [0.25, 0.3) is 0 Å². The Bertz CT molecular complexity index is 1120. The second-order valence-electron chi connectivity index (χ2n) is 8.70. The number of hydrogen-bond acceptors (Lipinski definition) is 6. The lowest BCUT2D eigenvalue weighted by Crippen LogP contribution is -2.49. The van der Waals surface area contributed by atoms with Gasteiger partial charge in [-0.1, -0.05) is 38.1 Å². The van der Waals surface area contributed by atoms with Gasteiger partial charge in [0.1, 0.15) is 17.5 Å². The van der Waals surface area contributed by atoms with Crippen molar-refractivity contribution in [1.29, 1.82) is 0 Å². The lowest BCUT2D eigenvalue weighted by atomic mass is 10.1. The van der Waals surface area contributed by atoms with E-state index in [1.807, 2.05) is 38.1 Å². The van der Waals surface area contributed by atoms with Gasteiger partial charge in [-0.05, 0) is 49.1 Å². The average Bonchev–Trinajstić information content (AvgIpc) is 2.89. The number of anilines is 1. The molecule has 2 aromatic carbocycles. The number of methoxy groups -OCH3 is 2. The van der Waals surface area contributed by atoms with E-state index in [9.17, 15) is 18.0 Å². The summed E-state index contributed by atoms with van der Waals surface area (Å²) in [5.74, 6) is 0.714. The molecule has 0 unspecified atom stereocenters. The molecule has 0 aliphatic heterocycles. The summed E-state index contributed by atoms with van der Waals surface area (Å²) in [5, 5.41) is 2.90. The molecule has 1 N–H and O–H groups in total. The minimum absolute atomic E-state index is 0.0783.